The van der Waals surface area contributed by atoms with E-state index in [1.54, 1.807) is 0 Å². The van der Waals surface area contributed by atoms with Crippen molar-refractivity contribution in [2.24, 2.45) is 0 Å². The Morgan fingerprint density at radius 1 is 1.27 bits per heavy atom. The minimum Gasteiger partial charge on any atom is -0.744 e. The zero-order valence-corrected chi connectivity index (χ0v) is 11.5. The molecule has 0 amide bonds. The van der Waals surface area contributed by atoms with E-state index in [9.17, 15) is 23.1 Å². The van der Waals surface area contributed by atoms with E-state index < -0.39 is 25.6 Å². The standard InChI is InChI=1S/C6H5NO5S.Fe.Na/c8-7(9)5-2-1-3-6(4-5)13(10,11)12;;/h1-4H,(H,10,11,12);;/q;;+1/p-1. The maximum atomic E-state index is 10.4. The van der Waals surface area contributed by atoms with Gasteiger partial charge in [0.15, 0.2) is 0 Å². The Balaban J connectivity index is 0. The van der Waals surface area contributed by atoms with Crippen LogP contribution < -0.4 is 29.6 Å². The predicted octanol–water partition coefficient (Wildman–Crippen LogP) is -2.50. The van der Waals surface area contributed by atoms with Crippen LogP contribution in [0.5, 0.6) is 0 Å². The summed E-state index contributed by atoms with van der Waals surface area (Å²) in [5.74, 6) is 0. The van der Waals surface area contributed by atoms with Crippen molar-refractivity contribution in [3.63, 3.8) is 0 Å². The summed E-state index contributed by atoms with van der Waals surface area (Å²) >= 11 is 0. The molecule has 0 bridgehead atoms. The topological polar surface area (TPSA) is 100 Å². The summed E-state index contributed by atoms with van der Waals surface area (Å²) < 4.78 is 31.3. The SMILES string of the molecule is O=[N+]([O-])c1cccc(S(=O)(=O)[O-])c1.[Fe].[Na+]. The van der Waals surface area contributed by atoms with Gasteiger partial charge in [0.05, 0.1) is 9.82 Å². The van der Waals surface area contributed by atoms with Gasteiger partial charge in [-0.1, -0.05) is 6.07 Å². The van der Waals surface area contributed by atoms with Crippen molar-refractivity contribution in [3.05, 3.63) is 34.4 Å². The first-order valence-electron chi connectivity index (χ1n) is 3.11. The van der Waals surface area contributed by atoms with Crippen LogP contribution in [0.4, 0.5) is 5.69 Å². The maximum absolute atomic E-state index is 10.4. The van der Waals surface area contributed by atoms with Gasteiger partial charge in [0.25, 0.3) is 5.69 Å². The van der Waals surface area contributed by atoms with Gasteiger partial charge in [0.1, 0.15) is 10.1 Å². The first-order valence-corrected chi connectivity index (χ1v) is 4.52. The number of rotatable bonds is 2. The third-order valence-electron chi connectivity index (χ3n) is 1.32. The van der Waals surface area contributed by atoms with E-state index in [4.69, 9.17) is 0 Å². The summed E-state index contributed by atoms with van der Waals surface area (Å²) in [6.45, 7) is 0. The Hall–Kier alpha value is 0.0495. The van der Waals surface area contributed by atoms with Crippen LogP contribution >= 0.6 is 0 Å². The molecule has 0 atom stereocenters. The van der Waals surface area contributed by atoms with Crippen molar-refractivity contribution >= 4 is 15.8 Å². The van der Waals surface area contributed by atoms with Gasteiger partial charge >= 0.3 is 29.6 Å². The summed E-state index contributed by atoms with van der Waals surface area (Å²) in [5, 5.41) is 10.2. The molecule has 9 heteroatoms. The van der Waals surface area contributed by atoms with Gasteiger partial charge in [0, 0.05) is 29.2 Å². The number of nitrogens with zero attached hydrogens (tertiary/aromatic N) is 1. The van der Waals surface area contributed by atoms with Gasteiger partial charge in [-0.15, -0.1) is 0 Å². The number of benzene rings is 1. The molecule has 0 aliphatic rings. The van der Waals surface area contributed by atoms with Crippen molar-refractivity contribution < 1.29 is 64.5 Å². The largest absolute Gasteiger partial charge is 1.00 e. The minimum atomic E-state index is -4.61. The third kappa shape index (κ3) is 5.07. The van der Waals surface area contributed by atoms with Crippen LogP contribution in [0.3, 0.4) is 0 Å². The first-order chi connectivity index (χ1) is 5.91. The second-order valence-electron chi connectivity index (χ2n) is 2.21. The quantitative estimate of drug-likeness (QED) is 0.258. The Morgan fingerprint density at radius 2 is 1.80 bits per heavy atom. The average Bonchev–Trinajstić information content (AvgIpc) is 2.03. The molecular weight excluding hydrogens is 277 g/mol. The second kappa shape index (κ2) is 6.59. The molecule has 78 valence electrons. The zero-order chi connectivity index (χ0) is 10.1. The molecule has 0 saturated heterocycles. The number of non-ortho nitro benzene ring substituents is 1. The Labute approximate surface area is 119 Å². The van der Waals surface area contributed by atoms with Crippen molar-refractivity contribution in [2.75, 3.05) is 0 Å². The molecule has 0 aliphatic carbocycles. The van der Waals surface area contributed by atoms with Crippen LogP contribution in [0.2, 0.25) is 0 Å². The summed E-state index contributed by atoms with van der Waals surface area (Å²) in [4.78, 5) is 8.82. The van der Waals surface area contributed by atoms with Crippen LogP contribution in [0.25, 0.3) is 0 Å². The van der Waals surface area contributed by atoms with Crippen LogP contribution in [0, 0.1) is 10.1 Å². The van der Waals surface area contributed by atoms with E-state index >= 15 is 0 Å². The van der Waals surface area contributed by atoms with Crippen LogP contribution in [0.1, 0.15) is 0 Å². The van der Waals surface area contributed by atoms with E-state index in [1.165, 1.54) is 0 Å². The number of hydrogen-bond donors (Lipinski definition) is 0. The second-order valence-corrected chi connectivity index (χ2v) is 3.59. The minimum absolute atomic E-state index is 0. The van der Waals surface area contributed by atoms with Crippen LogP contribution in [0.15, 0.2) is 29.2 Å². The predicted molar refractivity (Wildman–Crippen MR) is 41.1 cm³/mol. The Kier molecular flexibility index (Phi) is 7.67. The summed E-state index contributed by atoms with van der Waals surface area (Å²) in [6, 6.07) is 3.98. The molecule has 6 nitrogen and oxygen atoms in total. The Morgan fingerprint density at radius 3 is 2.20 bits per heavy atom. The molecule has 0 unspecified atom stereocenters. The van der Waals surface area contributed by atoms with Crippen LogP contribution in [-0.2, 0) is 27.2 Å². The molecular formula is C6H4FeNNaO5S. The molecule has 15 heavy (non-hydrogen) atoms. The van der Waals surface area contributed by atoms with E-state index in [2.05, 4.69) is 0 Å². The van der Waals surface area contributed by atoms with Crippen molar-refractivity contribution in [3.8, 4) is 0 Å². The van der Waals surface area contributed by atoms with Crippen molar-refractivity contribution in [1.29, 1.82) is 0 Å². The molecule has 0 radical (unpaired) electrons. The summed E-state index contributed by atoms with van der Waals surface area (Å²) in [7, 11) is -4.61. The average molecular weight is 281 g/mol. The molecule has 0 fully saturated rings. The molecule has 0 aliphatic heterocycles. The third-order valence-corrected chi connectivity index (χ3v) is 2.15. The number of nitro benzene ring substituents is 1. The van der Waals surface area contributed by atoms with E-state index in [-0.39, 0.29) is 46.6 Å². The van der Waals surface area contributed by atoms with Gasteiger partial charge < -0.3 is 4.55 Å². The molecule has 1 rings (SSSR count). The van der Waals surface area contributed by atoms with Crippen LogP contribution in [-0.4, -0.2) is 17.9 Å². The smallest absolute Gasteiger partial charge is 0.744 e. The normalized spacial score (nSPS) is 9.67. The summed E-state index contributed by atoms with van der Waals surface area (Å²) in [5.41, 5.74) is -0.420. The van der Waals surface area contributed by atoms with E-state index in [0.717, 1.165) is 24.3 Å². The molecule has 0 aromatic heterocycles. The number of hydrogen-bond acceptors (Lipinski definition) is 5. The zero-order valence-electron chi connectivity index (χ0n) is 7.56. The molecule has 0 heterocycles. The first kappa shape index (κ1) is 17.4. The van der Waals surface area contributed by atoms with Gasteiger partial charge in [-0.05, 0) is 6.07 Å². The van der Waals surface area contributed by atoms with Gasteiger partial charge in [-0.25, -0.2) is 8.42 Å². The fourth-order valence-electron chi connectivity index (χ4n) is 0.753. The van der Waals surface area contributed by atoms with Gasteiger partial charge in [0.2, 0.25) is 0 Å². The molecule has 0 spiro atoms. The molecule has 0 N–H and O–H groups in total. The molecule has 0 saturated carbocycles. The van der Waals surface area contributed by atoms with E-state index in [0.29, 0.717) is 0 Å². The van der Waals surface area contributed by atoms with Crippen molar-refractivity contribution in [1.82, 2.24) is 0 Å². The van der Waals surface area contributed by atoms with E-state index in [1.807, 2.05) is 0 Å². The van der Waals surface area contributed by atoms with Crippen molar-refractivity contribution in [2.45, 2.75) is 4.90 Å². The Bertz CT molecular complexity index is 449. The molecule has 1 aromatic carbocycles. The number of nitro groups is 1. The van der Waals surface area contributed by atoms with Gasteiger partial charge in [-0.2, -0.15) is 0 Å². The van der Waals surface area contributed by atoms with Gasteiger partial charge in [-0.3, -0.25) is 10.1 Å². The maximum Gasteiger partial charge on any atom is 1.00 e. The molecule has 1 aromatic rings. The fraction of sp³-hybridized carbons (Fsp3) is 0. The fourth-order valence-corrected chi connectivity index (χ4v) is 1.26. The summed E-state index contributed by atoms with van der Waals surface area (Å²) in [6.07, 6.45) is 0. The monoisotopic (exact) mass is 281 g/mol.